The molecular formula is C12H11BrN2O. The lowest BCUT2D eigenvalue weighted by Crippen LogP contribution is -1.97. The molecule has 1 aromatic carbocycles. The van der Waals surface area contributed by atoms with Crippen LogP contribution in [0.1, 0.15) is 5.56 Å². The molecule has 2 N–H and O–H groups in total. The quantitative estimate of drug-likeness (QED) is 0.939. The van der Waals surface area contributed by atoms with E-state index in [0.717, 1.165) is 15.8 Å². The first-order valence-electron chi connectivity index (χ1n) is 4.83. The molecule has 0 bridgehead atoms. The molecule has 4 heteroatoms. The molecule has 2 rings (SSSR count). The molecule has 0 amide bonds. The van der Waals surface area contributed by atoms with Gasteiger partial charge >= 0.3 is 0 Å². The molecule has 2 aromatic rings. The average molecular weight is 279 g/mol. The fraction of sp³-hybridized carbons (Fsp3) is 0.0833. The van der Waals surface area contributed by atoms with E-state index < -0.39 is 0 Å². The first-order valence-corrected chi connectivity index (χ1v) is 5.62. The number of pyridine rings is 1. The molecule has 0 atom stereocenters. The Bertz CT molecular complexity index is 442. The molecule has 82 valence electrons. The maximum absolute atomic E-state index is 5.61. The van der Waals surface area contributed by atoms with Crippen LogP contribution in [0.15, 0.2) is 47.1 Å². The Hall–Kier alpha value is -1.55. The molecule has 0 unspecified atom stereocenters. The van der Waals surface area contributed by atoms with Crippen molar-refractivity contribution in [1.29, 1.82) is 0 Å². The molecule has 0 saturated carbocycles. The van der Waals surface area contributed by atoms with Crippen LogP contribution in [0.3, 0.4) is 0 Å². The Kier molecular flexibility index (Phi) is 3.41. The maximum atomic E-state index is 5.61. The van der Waals surface area contributed by atoms with Crippen molar-refractivity contribution in [3.8, 4) is 5.75 Å². The van der Waals surface area contributed by atoms with Crippen LogP contribution in [0.5, 0.6) is 5.75 Å². The number of ether oxygens (including phenoxy) is 1. The monoisotopic (exact) mass is 278 g/mol. The minimum absolute atomic E-state index is 0.489. The third-order valence-corrected chi connectivity index (χ3v) is 2.54. The zero-order valence-electron chi connectivity index (χ0n) is 8.56. The van der Waals surface area contributed by atoms with Gasteiger partial charge in [0.05, 0.1) is 0 Å². The molecule has 1 heterocycles. The number of nitrogens with two attached hydrogens (primary N) is 1. The summed E-state index contributed by atoms with van der Waals surface area (Å²) < 4.78 is 6.61. The largest absolute Gasteiger partial charge is 0.489 e. The lowest BCUT2D eigenvalue weighted by molar-refractivity contribution is 0.306. The molecule has 0 saturated heterocycles. The summed E-state index contributed by atoms with van der Waals surface area (Å²) in [5.41, 5.74) is 6.58. The molecule has 0 fully saturated rings. The van der Waals surface area contributed by atoms with Crippen molar-refractivity contribution in [3.63, 3.8) is 0 Å². The van der Waals surface area contributed by atoms with Gasteiger partial charge in [-0.25, -0.2) is 4.98 Å². The summed E-state index contributed by atoms with van der Waals surface area (Å²) in [6, 6.07) is 11.4. The van der Waals surface area contributed by atoms with E-state index in [1.807, 2.05) is 30.3 Å². The predicted octanol–water partition coefficient (Wildman–Crippen LogP) is 3.01. The molecule has 0 radical (unpaired) electrons. The highest BCUT2D eigenvalue weighted by Gasteiger charge is 1.97. The van der Waals surface area contributed by atoms with E-state index in [0.29, 0.717) is 12.4 Å². The summed E-state index contributed by atoms with van der Waals surface area (Å²) in [5.74, 6) is 1.33. The lowest BCUT2D eigenvalue weighted by atomic mass is 10.3. The number of nitrogens with zero attached hydrogens (tertiary/aromatic N) is 1. The Labute approximate surface area is 102 Å². The second-order valence-corrected chi connectivity index (χ2v) is 4.25. The van der Waals surface area contributed by atoms with Crippen molar-refractivity contribution in [2.75, 3.05) is 5.73 Å². The van der Waals surface area contributed by atoms with Crippen molar-refractivity contribution >= 4 is 21.7 Å². The number of hydrogen-bond donors (Lipinski definition) is 1. The van der Waals surface area contributed by atoms with Gasteiger partial charge in [0, 0.05) is 10.7 Å². The average Bonchev–Trinajstić information content (AvgIpc) is 2.27. The van der Waals surface area contributed by atoms with Gasteiger partial charge in [-0.2, -0.15) is 0 Å². The van der Waals surface area contributed by atoms with E-state index in [9.17, 15) is 0 Å². The summed E-state index contributed by atoms with van der Waals surface area (Å²) in [5, 5.41) is 0. The van der Waals surface area contributed by atoms with Gasteiger partial charge in [0.25, 0.3) is 0 Å². The van der Waals surface area contributed by atoms with Crippen molar-refractivity contribution in [2.24, 2.45) is 0 Å². The van der Waals surface area contributed by atoms with Crippen LogP contribution in [-0.4, -0.2) is 4.98 Å². The second-order valence-electron chi connectivity index (χ2n) is 3.34. The van der Waals surface area contributed by atoms with Gasteiger partial charge in [-0.3, -0.25) is 0 Å². The van der Waals surface area contributed by atoms with E-state index in [4.69, 9.17) is 10.5 Å². The fourth-order valence-corrected chi connectivity index (χ4v) is 1.69. The van der Waals surface area contributed by atoms with Crippen LogP contribution >= 0.6 is 15.9 Å². The highest BCUT2D eigenvalue weighted by molar-refractivity contribution is 9.10. The van der Waals surface area contributed by atoms with Crippen molar-refractivity contribution in [2.45, 2.75) is 6.61 Å². The van der Waals surface area contributed by atoms with Crippen LogP contribution in [0.25, 0.3) is 0 Å². The van der Waals surface area contributed by atoms with E-state index in [1.165, 1.54) is 0 Å². The Morgan fingerprint density at radius 2 is 2.12 bits per heavy atom. The topological polar surface area (TPSA) is 48.1 Å². The third-order valence-electron chi connectivity index (χ3n) is 2.05. The smallest absolute Gasteiger partial charge is 0.123 e. The van der Waals surface area contributed by atoms with Crippen LogP contribution in [0, 0.1) is 0 Å². The highest BCUT2D eigenvalue weighted by atomic mass is 79.9. The molecular weight excluding hydrogens is 268 g/mol. The zero-order chi connectivity index (χ0) is 11.4. The standard InChI is InChI=1S/C12H11BrN2O/c13-10-2-1-3-11(7-10)16-8-9-4-5-15-12(14)6-9/h1-7H,8H2,(H2,14,15). The number of halogens is 1. The molecule has 0 aliphatic heterocycles. The minimum Gasteiger partial charge on any atom is -0.489 e. The van der Waals surface area contributed by atoms with Crippen LogP contribution in [0.4, 0.5) is 5.82 Å². The molecule has 0 aliphatic carbocycles. The second kappa shape index (κ2) is 4.99. The van der Waals surface area contributed by atoms with Crippen LogP contribution in [0.2, 0.25) is 0 Å². The number of aromatic nitrogens is 1. The highest BCUT2D eigenvalue weighted by Crippen LogP contribution is 2.18. The SMILES string of the molecule is Nc1cc(COc2cccc(Br)c2)ccn1. The van der Waals surface area contributed by atoms with E-state index >= 15 is 0 Å². The van der Waals surface area contributed by atoms with E-state index in [2.05, 4.69) is 20.9 Å². The Morgan fingerprint density at radius 3 is 2.88 bits per heavy atom. The Balaban J connectivity index is 2.02. The molecule has 0 spiro atoms. The van der Waals surface area contributed by atoms with Crippen molar-refractivity contribution in [1.82, 2.24) is 4.98 Å². The number of benzene rings is 1. The predicted molar refractivity (Wildman–Crippen MR) is 67.1 cm³/mol. The number of anilines is 1. The zero-order valence-corrected chi connectivity index (χ0v) is 10.1. The van der Waals surface area contributed by atoms with Gasteiger partial charge in [0.15, 0.2) is 0 Å². The summed E-state index contributed by atoms with van der Waals surface area (Å²) in [6.07, 6.45) is 1.68. The van der Waals surface area contributed by atoms with Gasteiger partial charge in [-0.15, -0.1) is 0 Å². The third kappa shape index (κ3) is 2.97. The van der Waals surface area contributed by atoms with Gasteiger partial charge in [0.1, 0.15) is 18.2 Å². The minimum atomic E-state index is 0.489. The lowest BCUT2D eigenvalue weighted by Gasteiger charge is -2.06. The molecule has 0 aliphatic rings. The van der Waals surface area contributed by atoms with Crippen LogP contribution in [-0.2, 0) is 6.61 Å². The fourth-order valence-electron chi connectivity index (χ4n) is 1.31. The van der Waals surface area contributed by atoms with Gasteiger partial charge in [0.2, 0.25) is 0 Å². The molecule has 3 nitrogen and oxygen atoms in total. The number of nitrogen functional groups attached to an aromatic ring is 1. The van der Waals surface area contributed by atoms with Crippen molar-refractivity contribution in [3.05, 3.63) is 52.6 Å². The number of rotatable bonds is 3. The molecule has 1 aromatic heterocycles. The molecule has 16 heavy (non-hydrogen) atoms. The summed E-state index contributed by atoms with van der Waals surface area (Å²) >= 11 is 3.39. The van der Waals surface area contributed by atoms with E-state index in [-0.39, 0.29) is 0 Å². The van der Waals surface area contributed by atoms with Gasteiger partial charge in [-0.05, 0) is 35.9 Å². The van der Waals surface area contributed by atoms with E-state index in [1.54, 1.807) is 12.3 Å². The van der Waals surface area contributed by atoms with Gasteiger partial charge < -0.3 is 10.5 Å². The maximum Gasteiger partial charge on any atom is 0.123 e. The summed E-state index contributed by atoms with van der Waals surface area (Å²) in [6.45, 7) is 0.489. The van der Waals surface area contributed by atoms with Crippen LogP contribution < -0.4 is 10.5 Å². The van der Waals surface area contributed by atoms with Gasteiger partial charge in [-0.1, -0.05) is 22.0 Å². The summed E-state index contributed by atoms with van der Waals surface area (Å²) in [4.78, 5) is 3.92. The Morgan fingerprint density at radius 1 is 1.25 bits per heavy atom. The first-order chi connectivity index (χ1) is 7.74. The van der Waals surface area contributed by atoms with Crippen molar-refractivity contribution < 1.29 is 4.74 Å². The first kappa shape index (κ1) is 11.0. The number of hydrogen-bond acceptors (Lipinski definition) is 3. The summed E-state index contributed by atoms with van der Waals surface area (Å²) in [7, 11) is 0. The normalized spacial score (nSPS) is 10.1.